The first-order chi connectivity index (χ1) is 6.54. The lowest BCUT2D eigenvalue weighted by molar-refractivity contribution is -0.147. The second kappa shape index (κ2) is 2.56. The fraction of sp³-hybridized carbons (Fsp3) is 0.167. The van der Waals surface area contributed by atoms with Crippen LogP contribution >= 0.6 is 0 Å². The van der Waals surface area contributed by atoms with E-state index in [4.69, 9.17) is 0 Å². The highest BCUT2D eigenvalue weighted by molar-refractivity contribution is 5.73. The number of rotatable bonds is 1. The lowest BCUT2D eigenvalue weighted by atomic mass is 10.5. The van der Waals surface area contributed by atoms with Crippen molar-refractivity contribution in [3.05, 3.63) is 17.7 Å². The minimum Gasteiger partial charge on any atom is -0.314 e. The number of hydrogen-bond donors (Lipinski definition) is 0. The highest BCUT2D eigenvalue weighted by Gasteiger charge is 2.39. The van der Waals surface area contributed by atoms with E-state index in [-0.39, 0.29) is 17.8 Å². The number of nitrogens with zero attached hydrogens (tertiary/aromatic N) is 3. The van der Waals surface area contributed by atoms with Crippen LogP contribution in [0.2, 0.25) is 0 Å². The number of carbonyl (C=O) groups is 1. The minimum atomic E-state index is -4.68. The number of aldehydes is 1. The first kappa shape index (κ1) is 8.73. The number of halogens is 3. The van der Waals surface area contributed by atoms with Gasteiger partial charge in [-0.05, 0) is 0 Å². The molecule has 2 heterocycles. The second-order valence-corrected chi connectivity index (χ2v) is 2.42. The van der Waals surface area contributed by atoms with Gasteiger partial charge in [-0.1, -0.05) is 5.16 Å². The molecule has 0 amide bonds. The van der Waals surface area contributed by atoms with Crippen LogP contribution in [0.4, 0.5) is 13.2 Å². The Morgan fingerprint density at radius 2 is 2.21 bits per heavy atom. The Morgan fingerprint density at radius 3 is 2.79 bits per heavy atom. The van der Waals surface area contributed by atoms with Gasteiger partial charge in [0.25, 0.3) is 5.82 Å². The van der Waals surface area contributed by atoms with Crippen LogP contribution in [0.25, 0.3) is 5.84 Å². The van der Waals surface area contributed by atoms with Gasteiger partial charge in [0.1, 0.15) is 5.69 Å². The summed E-state index contributed by atoms with van der Waals surface area (Å²) in [6.45, 7) is 0. The average Bonchev–Trinajstić information content (AvgIpc) is 2.59. The first-order valence-electron chi connectivity index (χ1n) is 3.39. The van der Waals surface area contributed by atoms with Gasteiger partial charge in [-0.15, -0.1) is 0 Å². The molecule has 74 valence electrons. The molecule has 0 aliphatic carbocycles. The summed E-state index contributed by atoms with van der Waals surface area (Å²) >= 11 is 0. The standard InChI is InChI=1S/C6H2F3N3O2/c7-6(8,9)4-11-14-5-10-1-3(2-13)12(4)5/h1-2H. The van der Waals surface area contributed by atoms with Crippen molar-refractivity contribution in [2.24, 2.45) is 0 Å². The van der Waals surface area contributed by atoms with E-state index in [0.29, 0.717) is 4.40 Å². The van der Waals surface area contributed by atoms with Crippen molar-refractivity contribution in [3.63, 3.8) is 0 Å². The Hall–Kier alpha value is -1.86. The number of alkyl halides is 3. The summed E-state index contributed by atoms with van der Waals surface area (Å²) in [5, 5.41) is 2.78. The van der Waals surface area contributed by atoms with Gasteiger partial charge in [-0.3, -0.25) is 4.79 Å². The van der Waals surface area contributed by atoms with Crippen LogP contribution in [-0.4, -0.2) is 20.8 Å². The maximum absolute atomic E-state index is 12.3. The average molecular weight is 205 g/mol. The topological polar surface area (TPSA) is 60.4 Å². The molecule has 0 radical (unpaired) electrons. The van der Waals surface area contributed by atoms with E-state index in [0.717, 1.165) is 6.20 Å². The zero-order valence-electron chi connectivity index (χ0n) is 6.45. The lowest BCUT2D eigenvalue weighted by Crippen LogP contribution is -2.11. The largest absolute Gasteiger partial charge is 0.453 e. The minimum absolute atomic E-state index is 0.242. The van der Waals surface area contributed by atoms with Gasteiger partial charge in [-0.25, -0.2) is 9.38 Å². The first-order valence-corrected chi connectivity index (χ1v) is 3.39. The lowest BCUT2D eigenvalue weighted by Gasteiger charge is -2.00. The summed E-state index contributed by atoms with van der Waals surface area (Å²) in [5.41, 5.74) is -0.256. The predicted octanol–water partition coefficient (Wildman–Crippen LogP) is 1.15. The summed E-state index contributed by atoms with van der Waals surface area (Å²) in [7, 11) is 0. The third kappa shape index (κ3) is 1.07. The monoisotopic (exact) mass is 205 g/mol. The van der Waals surface area contributed by atoms with E-state index in [1.54, 1.807) is 0 Å². The van der Waals surface area contributed by atoms with Crippen molar-refractivity contribution in [1.82, 2.24) is 14.5 Å². The smallest absolute Gasteiger partial charge is 0.314 e. The third-order valence-corrected chi connectivity index (χ3v) is 1.56. The van der Waals surface area contributed by atoms with E-state index in [9.17, 15) is 18.0 Å². The highest BCUT2D eigenvalue weighted by atomic mass is 19.4. The van der Waals surface area contributed by atoms with Gasteiger partial charge >= 0.3 is 12.0 Å². The molecule has 0 N–H and O–H groups in total. The Labute approximate surface area is 74.1 Å². The summed E-state index contributed by atoms with van der Waals surface area (Å²) in [6, 6.07) is 0. The molecule has 0 saturated carbocycles. The van der Waals surface area contributed by atoms with Crippen LogP contribution < -0.4 is 0 Å². The molecule has 0 aliphatic rings. The molecule has 0 aliphatic heterocycles. The zero-order chi connectivity index (χ0) is 10.3. The molecule has 0 aromatic carbocycles. The van der Waals surface area contributed by atoms with Crippen LogP contribution in [0.3, 0.4) is 0 Å². The normalized spacial score (nSPS) is 12.2. The van der Waals surface area contributed by atoms with Gasteiger partial charge in [0.05, 0.1) is 6.20 Å². The second-order valence-electron chi connectivity index (χ2n) is 2.42. The maximum atomic E-state index is 12.3. The molecule has 0 bridgehead atoms. The van der Waals surface area contributed by atoms with Crippen LogP contribution in [0.5, 0.6) is 0 Å². The molecule has 0 saturated heterocycles. The Balaban J connectivity index is 2.77. The van der Waals surface area contributed by atoms with E-state index in [1.165, 1.54) is 0 Å². The quantitative estimate of drug-likeness (QED) is 0.655. The number of hydrogen-bond acceptors (Lipinski definition) is 4. The number of fused-ring (bicyclic) bond motifs is 1. The van der Waals surface area contributed by atoms with Gasteiger partial charge in [0, 0.05) is 0 Å². The molecule has 5 nitrogen and oxygen atoms in total. The molecule has 0 spiro atoms. The van der Waals surface area contributed by atoms with Crippen molar-refractivity contribution in [2.45, 2.75) is 6.18 Å². The van der Waals surface area contributed by atoms with Gasteiger partial charge < -0.3 is 4.52 Å². The van der Waals surface area contributed by atoms with E-state index >= 15 is 0 Å². The maximum Gasteiger partial charge on any atom is 0.453 e. The summed E-state index contributed by atoms with van der Waals surface area (Å²) in [5.74, 6) is -1.66. The Kier molecular flexibility index (Phi) is 1.60. The third-order valence-electron chi connectivity index (χ3n) is 1.56. The molecule has 0 fully saturated rings. The Morgan fingerprint density at radius 1 is 1.50 bits per heavy atom. The molecule has 0 unspecified atom stereocenters. The van der Waals surface area contributed by atoms with Crippen molar-refractivity contribution in [3.8, 4) is 0 Å². The van der Waals surface area contributed by atoms with Crippen LogP contribution in [0.1, 0.15) is 16.3 Å². The number of aromatic nitrogens is 3. The molecule has 8 heteroatoms. The molecular formula is C6H2F3N3O2. The Bertz CT molecular complexity index is 484. The number of carbonyl (C=O) groups excluding carboxylic acids is 1. The van der Waals surface area contributed by atoms with Crippen LogP contribution in [0, 0.1) is 0 Å². The van der Waals surface area contributed by atoms with E-state index in [2.05, 4.69) is 14.7 Å². The van der Waals surface area contributed by atoms with Gasteiger partial charge in [0.2, 0.25) is 0 Å². The molecule has 2 aromatic heterocycles. The molecular weight excluding hydrogens is 203 g/mol. The van der Waals surface area contributed by atoms with E-state index < -0.39 is 12.0 Å². The fourth-order valence-electron chi connectivity index (χ4n) is 1.01. The molecule has 14 heavy (non-hydrogen) atoms. The van der Waals surface area contributed by atoms with E-state index in [1.807, 2.05) is 0 Å². The van der Waals surface area contributed by atoms with Crippen LogP contribution in [-0.2, 0) is 6.18 Å². The van der Waals surface area contributed by atoms with Crippen molar-refractivity contribution in [1.29, 1.82) is 0 Å². The van der Waals surface area contributed by atoms with Gasteiger partial charge in [0.15, 0.2) is 6.29 Å². The van der Waals surface area contributed by atoms with Crippen molar-refractivity contribution < 1.29 is 22.5 Å². The zero-order valence-corrected chi connectivity index (χ0v) is 6.45. The molecule has 2 aromatic rings. The van der Waals surface area contributed by atoms with Crippen LogP contribution in [0.15, 0.2) is 10.7 Å². The summed E-state index contributed by atoms with van der Waals surface area (Å²) in [6.07, 6.45) is -3.46. The molecule has 0 atom stereocenters. The highest BCUT2D eigenvalue weighted by Crippen LogP contribution is 2.28. The SMILES string of the molecule is O=Cc1cnc2onc(C(F)(F)F)n12. The summed E-state index contributed by atoms with van der Waals surface area (Å²) in [4.78, 5) is 13.8. The summed E-state index contributed by atoms with van der Waals surface area (Å²) < 4.78 is 41.6. The molecule has 2 rings (SSSR count). The van der Waals surface area contributed by atoms with Crippen molar-refractivity contribution >= 4 is 12.1 Å². The fourth-order valence-corrected chi connectivity index (χ4v) is 1.01. The van der Waals surface area contributed by atoms with Crippen molar-refractivity contribution in [2.75, 3.05) is 0 Å². The number of imidazole rings is 1. The van der Waals surface area contributed by atoms with Gasteiger partial charge in [-0.2, -0.15) is 13.2 Å². The predicted molar refractivity (Wildman–Crippen MR) is 35.6 cm³/mol.